The Morgan fingerprint density at radius 1 is 1.15 bits per heavy atom. The van der Waals surface area contributed by atoms with Crippen molar-refractivity contribution in [1.82, 2.24) is 4.90 Å². The predicted molar refractivity (Wildman–Crippen MR) is 109 cm³/mol. The van der Waals surface area contributed by atoms with Gasteiger partial charge in [-0.25, -0.2) is 4.79 Å². The third-order valence-corrected chi connectivity index (χ3v) is 6.60. The van der Waals surface area contributed by atoms with E-state index in [9.17, 15) is 4.79 Å². The van der Waals surface area contributed by atoms with Gasteiger partial charge >= 0.3 is 5.97 Å². The maximum atomic E-state index is 13.1. The molecule has 3 heterocycles. The molecule has 4 nitrogen and oxygen atoms in total. The molecule has 2 unspecified atom stereocenters. The Morgan fingerprint density at radius 2 is 1.85 bits per heavy atom. The second-order valence-corrected chi connectivity index (χ2v) is 8.33. The molecule has 2 bridgehead atoms. The lowest BCUT2D eigenvalue weighted by Crippen LogP contribution is -2.43. The van der Waals surface area contributed by atoms with Crippen LogP contribution in [0.3, 0.4) is 0 Å². The van der Waals surface area contributed by atoms with E-state index < -0.39 is 0 Å². The number of hydrogen-bond donors (Lipinski definition) is 0. The van der Waals surface area contributed by atoms with Crippen LogP contribution in [0.15, 0.2) is 41.8 Å². The molecule has 0 spiro atoms. The van der Waals surface area contributed by atoms with E-state index in [-0.39, 0.29) is 12.1 Å². The zero-order chi connectivity index (χ0) is 18.8. The van der Waals surface area contributed by atoms with Gasteiger partial charge in [0.25, 0.3) is 0 Å². The first-order valence-electron chi connectivity index (χ1n) is 9.46. The highest BCUT2D eigenvalue weighted by molar-refractivity contribution is 7.11. The molecule has 0 N–H and O–H groups in total. The van der Waals surface area contributed by atoms with Gasteiger partial charge in [0, 0.05) is 29.8 Å². The Labute approximate surface area is 164 Å². The normalized spacial score (nSPS) is 25.4. The molecule has 1 aromatic carbocycles. The van der Waals surface area contributed by atoms with Gasteiger partial charge < -0.3 is 14.4 Å². The van der Waals surface area contributed by atoms with Gasteiger partial charge in [0.2, 0.25) is 0 Å². The SMILES string of the molecule is COc1ccc(/C(=C/c2cccs2)C(=O)OC2CC3CCC(C2)N3C)cc1. The molecule has 4 rings (SSSR count). The summed E-state index contributed by atoms with van der Waals surface area (Å²) in [4.78, 5) is 16.6. The van der Waals surface area contributed by atoms with Crippen molar-refractivity contribution in [3.63, 3.8) is 0 Å². The third-order valence-electron chi connectivity index (χ3n) is 5.78. The number of methoxy groups -OCH3 is 1. The van der Waals surface area contributed by atoms with E-state index in [1.165, 1.54) is 12.8 Å². The highest BCUT2D eigenvalue weighted by Gasteiger charge is 2.40. The maximum absolute atomic E-state index is 13.1. The van der Waals surface area contributed by atoms with Crippen molar-refractivity contribution in [1.29, 1.82) is 0 Å². The summed E-state index contributed by atoms with van der Waals surface area (Å²) in [5, 5.41) is 2.01. The average molecular weight is 384 g/mol. The van der Waals surface area contributed by atoms with E-state index in [1.54, 1.807) is 18.4 Å². The number of piperidine rings is 1. The quantitative estimate of drug-likeness (QED) is 0.564. The molecule has 142 valence electrons. The molecule has 2 aromatic rings. The van der Waals surface area contributed by atoms with Crippen LogP contribution in [-0.4, -0.2) is 43.2 Å². The molecule has 2 saturated heterocycles. The fourth-order valence-electron chi connectivity index (χ4n) is 4.22. The van der Waals surface area contributed by atoms with Crippen molar-refractivity contribution in [3.8, 4) is 5.75 Å². The fraction of sp³-hybridized carbons (Fsp3) is 0.409. The molecule has 2 atom stereocenters. The second kappa shape index (κ2) is 7.87. The average Bonchev–Trinajstić information content (AvgIpc) is 3.25. The summed E-state index contributed by atoms with van der Waals surface area (Å²) in [6.45, 7) is 0. The van der Waals surface area contributed by atoms with Crippen molar-refractivity contribution in [2.75, 3.05) is 14.2 Å². The summed E-state index contributed by atoms with van der Waals surface area (Å²) < 4.78 is 11.2. The number of carbonyl (C=O) groups excluding carboxylic acids is 1. The molecule has 5 heteroatoms. The first-order valence-corrected chi connectivity index (χ1v) is 10.3. The van der Waals surface area contributed by atoms with Crippen molar-refractivity contribution >= 4 is 29.0 Å². The minimum absolute atomic E-state index is 0.0104. The summed E-state index contributed by atoms with van der Waals surface area (Å²) >= 11 is 1.61. The van der Waals surface area contributed by atoms with Gasteiger partial charge in [-0.15, -0.1) is 11.3 Å². The first kappa shape index (κ1) is 18.3. The van der Waals surface area contributed by atoms with Crippen LogP contribution in [0.4, 0.5) is 0 Å². The van der Waals surface area contributed by atoms with Crippen LogP contribution in [0.5, 0.6) is 5.75 Å². The van der Waals surface area contributed by atoms with Gasteiger partial charge in [0.15, 0.2) is 0 Å². The molecule has 0 saturated carbocycles. The lowest BCUT2D eigenvalue weighted by atomic mass is 10.00. The summed E-state index contributed by atoms with van der Waals surface area (Å²) in [5.74, 6) is 0.539. The molecule has 0 radical (unpaired) electrons. The van der Waals surface area contributed by atoms with Crippen molar-refractivity contribution in [2.45, 2.75) is 43.9 Å². The number of carbonyl (C=O) groups is 1. The van der Waals surface area contributed by atoms with Gasteiger partial charge in [0.05, 0.1) is 12.7 Å². The second-order valence-electron chi connectivity index (χ2n) is 7.35. The number of esters is 1. The van der Waals surface area contributed by atoms with E-state index in [1.807, 2.05) is 47.9 Å². The Kier molecular flexibility index (Phi) is 5.32. The van der Waals surface area contributed by atoms with Crippen LogP contribution in [-0.2, 0) is 9.53 Å². The predicted octanol–water partition coefficient (Wildman–Crippen LogP) is 4.47. The molecule has 1 aromatic heterocycles. The van der Waals surface area contributed by atoms with Crippen molar-refractivity contribution in [3.05, 3.63) is 52.2 Å². The standard InChI is InChI=1S/C22H25NO3S/c1-23-16-7-8-17(23)13-19(12-16)26-22(24)21(14-20-4-3-11-27-20)15-5-9-18(25-2)10-6-15/h3-6,9-11,14,16-17,19H,7-8,12-13H2,1-2H3/b21-14-. The zero-order valence-electron chi connectivity index (χ0n) is 15.8. The largest absolute Gasteiger partial charge is 0.497 e. The van der Waals surface area contributed by atoms with Gasteiger partial charge in [-0.3, -0.25) is 0 Å². The number of fused-ring (bicyclic) bond motifs is 2. The Bertz CT molecular complexity index is 799. The van der Waals surface area contributed by atoms with E-state index >= 15 is 0 Å². The third kappa shape index (κ3) is 3.94. The number of benzene rings is 1. The van der Waals surface area contributed by atoms with Crippen LogP contribution in [0.2, 0.25) is 0 Å². The van der Waals surface area contributed by atoms with Gasteiger partial charge in [-0.1, -0.05) is 18.2 Å². The summed E-state index contributed by atoms with van der Waals surface area (Å²) in [7, 11) is 3.83. The Morgan fingerprint density at radius 3 is 2.44 bits per heavy atom. The highest BCUT2D eigenvalue weighted by atomic mass is 32.1. The number of nitrogens with zero attached hydrogens (tertiary/aromatic N) is 1. The monoisotopic (exact) mass is 383 g/mol. The smallest absolute Gasteiger partial charge is 0.339 e. The lowest BCUT2D eigenvalue weighted by Gasteiger charge is -2.35. The maximum Gasteiger partial charge on any atom is 0.339 e. The number of ether oxygens (including phenoxy) is 2. The minimum atomic E-state index is -0.234. The molecule has 2 aliphatic rings. The lowest BCUT2D eigenvalue weighted by molar-refractivity contribution is -0.144. The fourth-order valence-corrected chi connectivity index (χ4v) is 4.88. The van der Waals surface area contributed by atoms with Crippen LogP contribution in [0, 0.1) is 0 Å². The minimum Gasteiger partial charge on any atom is -0.497 e. The van der Waals surface area contributed by atoms with Crippen molar-refractivity contribution in [2.24, 2.45) is 0 Å². The molecular formula is C22H25NO3S. The van der Waals surface area contributed by atoms with Crippen LogP contribution >= 0.6 is 11.3 Å². The van der Waals surface area contributed by atoms with Crippen molar-refractivity contribution < 1.29 is 14.3 Å². The molecule has 2 fully saturated rings. The number of hydrogen-bond acceptors (Lipinski definition) is 5. The summed E-state index contributed by atoms with van der Waals surface area (Å²) in [5.41, 5.74) is 1.46. The van der Waals surface area contributed by atoms with Crippen LogP contribution in [0.1, 0.15) is 36.1 Å². The Balaban J connectivity index is 1.55. The van der Waals surface area contributed by atoms with Gasteiger partial charge in [-0.2, -0.15) is 0 Å². The highest BCUT2D eigenvalue weighted by Crippen LogP contribution is 2.36. The molecule has 0 amide bonds. The van der Waals surface area contributed by atoms with Crippen LogP contribution in [0.25, 0.3) is 11.6 Å². The molecule has 2 aliphatic heterocycles. The van der Waals surface area contributed by atoms with E-state index in [4.69, 9.17) is 9.47 Å². The molecular weight excluding hydrogens is 358 g/mol. The zero-order valence-corrected chi connectivity index (χ0v) is 16.6. The van der Waals surface area contributed by atoms with Crippen LogP contribution < -0.4 is 4.74 Å². The number of thiophene rings is 1. The Hall–Kier alpha value is -2.11. The van der Waals surface area contributed by atoms with E-state index in [0.29, 0.717) is 17.7 Å². The first-order chi connectivity index (χ1) is 13.1. The number of rotatable bonds is 5. The van der Waals surface area contributed by atoms with Gasteiger partial charge in [0.1, 0.15) is 11.9 Å². The summed E-state index contributed by atoms with van der Waals surface area (Å²) in [6.07, 6.45) is 6.24. The van der Waals surface area contributed by atoms with Gasteiger partial charge in [-0.05, 0) is 55.1 Å². The van der Waals surface area contributed by atoms with E-state index in [0.717, 1.165) is 29.0 Å². The summed E-state index contributed by atoms with van der Waals surface area (Å²) in [6, 6.07) is 12.7. The molecule has 27 heavy (non-hydrogen) atoms. The topological polar surface area (TPSA) is 38.8 Å². The van der Waals surface area contributed by atoms with E-state index in [2.05, 4.69) is 11.9 Å². The molecule has 0 aliphatic carbocycles.